The number of amides is 1. The summed E-state index contributed by atoms with van der Waals surface area (Å²) < 4.78 is 29.7. The average Bonchev–Trinajstić information content (AvgIpc) is 3.03. The molecule has 1 aliphatic heterocycles. The van der Waals surface area contributed by atoms with Crippen LogP contribution in [0.1, 0.15) is 43.4 Å². The van der Waals surface area contributed by atoms with Gasteiger partial charge in [0.1, 0.15) is 11.2 Å². The van der Waals surface area contributed by atoms with Gasteiger partial charge in [-0.05, 0) is 31.4 Å². The van der Waals surface area contributed by atoms with Gasteiger partial charge in [0.25, 0.3) is 5.91 Å². The molecule has 1 aromatic carbocycles. The first-order chi connectivity index (χ1) is 12.8. The maximum absolute atomic E-state index is 13.3. The van der Waals surface area contributed by atoms with Gasteiger partial charge in [0.05, 0.1) is 17.9 Å². The molecular weight excluding hydrogens is 364 g/mol. The number of aromatic nitrogens is 2. The van der Waals surface area contributed by atoms with Crippen LogP contribution in [0.3, 0.4) is 0 Å². The molecule has 27 heavy (non-hydrogen) atoms. The third kappa shape index (κ3) is 3.51. The third-order valence-corrected chi connectivity index (χ3v) is 6.81. The summed E-state index contributed by atoms with van der Waals surface area (Å²) in [5.74, 6) is 0.169. The standard InChI is InChI=1S/C19H26N4O3S/c1-5-21(4)19(24)18-16-12-22(11-10-14(2)3)27(25,26)17-9-7-6-8-15(17)23(16)13-20-18/h6-9,13-14H,5,10-12H2,1-4H3. The monoisotopic (exact) mass is 390 g/mol. The minimum atomic E-state index is -3.66. The van der Waals surface area contributed by atoms with Crippen LogP contribution in [0.2, 0.25) is 0 Å². The van der Waals surface area contributed by atoms with Gasteiger partial charge in [0.15, 0.2) is 5.69 Å². The second-order valence-electron chi connectivity index (χ2n) is 7.22. The number of carbonyl (C=O) groups excluding carboxylic acids is 1. The molecule has 2 heterocycles. The lowest BCUT2D eigenvalue weighted by atomic mass is 10.1. The van der Waals surface area contributed by atoms with E-state index in [0.29, 0.717) is 36.1 Å². The summed E-state index contributed by atoms with van der Waals surface area (Å²) in [6.07, 6.45) is 2.29. The van der Waals surface area contributed by atoms with Crippen molar-refractivity contribution in [1.82, 2.24) is 18.8 Å². The van der Waals surface area contributed by atoms with Crippen molar-refractivity contribution in [3.05, 3.63) is 42.0 Å². The fraction of sp³-hybridized carbons (Fsp3) is 0.474. The zero-order chi connectivity index (χ0) is 19.8. The number of benzene rings is 1. The lowest BCUT2D eigenvalue weighted by molar-refractivity contribution is 0.0795. The first kappa shape index (κ1) is 19.6. The van der Waals surface area contributed by atoms with Crippen LogP contribution in [0.4, 0.5) is 0 Å². The molecule has 0 radical (unpaired) electrons. The third-order valence-electron chi connectivity index (χ3n) is 4.91. The predicted octanol–water partition coefficient (Wildman–Crippen LogP) is 2.51. The molecule has 0 bridgehead atoms. The van der Waals surface area contributed by atoms with E-state index in [2.05, 4.69) is 18.8 Å². The highest BCUT2D eigenvalue weighted by molar-refractivity contribution is 7.89. The van der Waals surface area contributed by atoms with Crippen LogP contribution >= 0.6 is 0 Å². The summed E-state index contributed by atoms with van der Waals surface area (Å²) in [6.45, 7) is 7.10. The highest BCUT2D eigenvalue weighted by atomic mass is 32.2. The van der Waals surface area contributed by atoms with Gasteiger partial charge in [-0.25, -0.2) is 13.4 Å². The van der Waals surface area contributed by atoms with Gasteiger partial charge in [-0.1, -0.05) is 26.0 Å². The van der Waals surface area contributed by atoms with Gasteiger partial charge in [0.2, 0.25) is 10.0 Å². The predicted molar refractivity (Wildman–Crippen MR) is 103 cm³/mol. The fourth-order valence-corrected chi connectivity index (χ4v) is 4.70. The van der Waals surface area contributed by atoms with E-state index in [1.807, 2.05) is 6.92 Å². The summed E-state index contributed by atoms with van der Waals surface area (Å²) in [7, 11) is -1.95. The second-order valence-corrected chi connectivity index (χ2v) is 9.12. The van der Waals surface area contributed by atoms with Crippen molar-refractivity contribution in [1.29, 1.82) is 0 Å². The van der Waals surface area contributed by atoms with E-state index >= 15 is 0 Å². The maximum atomic E-state index is 13.3. The summed E-state index contributed by atoms with van der Waals surface area (Å²) in [5.41, 5.74) is 1.45. The number of hydrogen-bond donors (Lipinski definition) is 0. The molecule has 1 aromatic heterocycles. The number of hydrogen-bond acceptors (Lipinski definition) is 4. The van der Waals surface area contributed by atoms with Crippen LogP contribution in [-0.2, 0) is 16.6 Å². The normalized spacial score (nSPS) is 15.9. The van der Waals surface area contributed by atoms with Crippen LogP contribution in [-0.4, -0.2) is 53.2 Å². The molecule has 0 saturated carbocycles. The summed E-state index contributed by atoms with van der Waals surface area (Å²) in [4.78, 5) is 18.9. The van der Waals surface area contributed by atoms with Gasteiger partial charge >= 0.3 is 0 Å². The van der Waals surface area contributed by atoms with Crippen molar-refractivity contribution in [3.63, 3.8) is 0 Å². The number of imidazole rings is 1. The maximum Gasteiger partial charge on any atom is 0.274 e. The van der Waals surface area contributed by atoms with E-state index in [1.165, 1.54) is 4.31 Å². The summed E-state index contributed by atoms with van der Waals surface area (Å²) in [5, 5.41) is 0. The van der Waals surface area contributed by atoms with Gasteiger partial charge in [-0.3, -0.25) is 9.36 Å². The molecule has 8 heteroatoms. The minimum Gasteiger partial charge on any atom is -0.341 e. The van der Waals surface area contributed by atoms with E-state index in [-0.39, 0.29) is 17.3 Å². The van der Waals surface area contributed by atoms with Crippen molar-refractivity contribution in [2.75, 3.05) is 20.1 Å². The Hall–Kier alpha value is -2.19. The number of carbonyl (C=O) groups is 1. The zero-order valence-corrected chi connectivity index (χ0v) is 17.0. The number of fused-ring (bicyclic) bond motifs is 3. The highest BCUT2D eigenvalue weighted by Crippen LogP contribution is 2.31. The molecule has 0 N–H and O–H groups in total. The van der Waals surface area contributed by atoms with E-state index in [4.69, 9.17) is 0 Å². The number of nitrogens with zero attached hydrogens (tertiary/aromatic N) is 4. The van der Waals surface area contributed by atoms with Gasteiger partial charge < -0.3 is 4.90 Å². The van der Waals surface area contributed by atoms with E-state index in [1.54, 1.807) is 47.1 Å². The molecule has 2 aromatic rings. The second kappa shape index (κ2) is 7.44. The molecule has 1 amide bonds. The van der Waals surface area contributed by atoms with Crippen LogP contribution in [0.15, 0.2) is 35.5 Å². The largest absolute Gasteiger partial charge is 0.341 e. The molecule has 146 valence electrons. The summed E-state index contributed by atoms with van der Waals surface area (Å²) >= 11 is 0. The summed E-state index contributed by atoms with van der Waals surface area (Å²) in [6, 6.07) is 6.88. The van der Waals surface area contributed by atoms with E-state index < -0.39 is 10.0 Å². The highest BCUT2D eigenvalue weighted by Gasteiger charge is 2.35. The Kier molecular flexibility index (Phi) is 5.39. The fourth-order valence-electron chi connectivity index (χ4n) is 3.10. The molecular formula is C19H26N4O3S. The van der Waals surface area contributed by atoms with Crippen molar-refractivity contribution in [3.8, 4) is 5.69 Å². The average molecular weight is 391 g/mol. The Bertz CT molecular complexity index is 950. The molecule has 3 rings (SSSR count). The minimum absolute atomic E-state index is 0.127. The number of para-hydroxylation sites is 1. The Balaban J connectivity index is 2.17. The molecule has 0 atom stereocenters. The van der Waals surface area contributed by atoms with Crippen molar-refractivity contribution in [2.24, 2.45) is 5.92 Å². The Morgan fingerprint density at radius 2 is 2.00 bits per heavy atom. The Morgan fingerprint density at radius 1 is 1.30 bits per heavy atom. The smallest absolute Gasteiger partial charge is 0.274 e. The molecule has 0 saturated heterocycles. The zero-order valence-electron chi connectivity index (χ0n) is 16.2. The SMILES string of the molecule is CCN(C)C(=O)c1ncn2c1CN(CCC(C)C)S(=O)(=O)c1ccccc1-2. The van der Waals surface area contributed by atoms with Crippen molar-refractivity contribution in [2.45, 2.75) is 38.6 Å². The van der Waals surface area contributed by atoms with Crippen molar-refractivity contribution >= 4 is 15.9 Å². The first-order valence-electron chi connectivity index (χ1n) is 9.18. The molecule has 7 nitrogen and oxygen atoms in total. The molecule has 0 fully saturated rings. The molecule has 0 unspecified atom stereocenters. The first-order valence-corrected chi connectivity index (χ1v) is 10.6. The molecule has 0 spiro atoms. The quantitative estimate of drug-likeness (QED) is 0.786. The van der Waals surface area contributed by atoms with Crippen LogP contribution in [0.5, 0.6) is 0 Å². The van der Waals surface area contributed by atoms with E-state index in [0.717, 1.165) is 6.42 Å². The number of rotatable bonds is 5. The Labute approximate surface area is 160 Å². The topological polar surface area (TPSA) is 75.5 Å². The Morgan fingerprint density at radius 3 is 2.67 bits per heavy atom. The van der Waals surface area contributed by atoms with Gasteiger partial charge in [0, 0.05) is 20.1 Å². The van der Waals surface area contributed by atoms with Crippen LogP contribution in [0.25, 0.3) is 5.69 Å². The van der Waals surface area contributed by atoms with Crippen LogP contribution < -0.4 is 0 Å². The lowest BCUT2D eigenvalue weighted by Crippen LogP contribution is -2.33. The van der Waals surface area contributed by atoms with Gasteiger partial charge in [-0.15, -0.1) is 0 Å². The molecule has 1 aliphatic rings. The lowest BCUT2D eigenvalue weighted by Gasteiger charge is -2.21. The van der Waals surface area contributed by atoms with Crippen LogP contribution in [0, 0.1) is 5.92 Å². The van der Waals surface area contributed by atoms with Crippen molar-refractivity contribution < 1.29 is 13.2 Å². The number of sulfonamides is 1. The van der Waals surface area contributed by atoms with E-state index in [9.17, 15) is 13.2 Å². The molecule has 0 aliphatic carbocycles. The van der Waals surface area contributed by atoms with Gasteiger partial charge in [-0.2, -0.15) is 4.31 Å².